The number of anilines is 1. The van der Waals surface area contributed by atoms with Gasteiger partial charge in [-0.15, -0.1) is 0 Å². The Morgan fingerprint density at radius 3 is 3.00 bits per heavy atom. The Morgan fingerprint density at radius 1 is 1.22 bits per heavy atom. The fourth-order valence-corrected chi connectivity index (χ4v) is 2.20. The zero-order valence-corrected chi connectivity index (χ0v) is 11.1. The van der Waals surface area contributed by atoms with E-state index in [1.54, 1.807) is 7.11 Å². The first-order chi connectivity index (χ1) is 8.90. The number of hydrogen-bond acceptors (Lipinski definition) is 3. The second-order valence-electron chi connectivity index (χ2n) is 4.66. The molecule has 18 heavy (non-hydrogen) atoms. The summed E-state index contributed by atoms with van der Waals surface area (Å²) in [5.41, 5.74) is 2.47. The predicted molar refractivity (Wildman–Crippen MR) is 76.4 cm³/mol. The maximum Gasteiger partial charge on any atom is 0.101 e. The van der Waals surface area contributed by atoms with Crippen LogP contribution in [-0.4, -0.2) is 26.1 Å². The van der Waals surface area contributed by atoms with E-state index in [2.05, 4.69) is 34.6 Å². The van der Waals surface area contributed by atoms with Gasteiger partial charge in [0.25, 0.3) is 0 Å². The molecular formula is C15H22N2O. The smallest absolute Gasteiger partial charge is 0.101 e. The molecule has 1 aliphatic heterocycles. The van der Waals surface area contributed by atoms with Gasteiger partial charge in [-0.05, 0) is 30.9 Å². The Labute approximate surface area is 109 Å². The van der Waals surface area contributed by atoms with Crippen molar-refractivity contribution in [2.24, 2.45) is 4.99 Å². The third-order valence-electron chi connectivity index (χ3n) is 3.25. The van der Waals surface area contributed by atoms with E-state index in [0.29, 0.717) is 0 Å². The average Bonchev–Trinajstić information content (AvgIpc) is 2.66. The zero-order chi connectivity index (χ0) is 12.6. The summed E-state index contributed by atoms with van der Waals surface area (Å²) in [5, 5.41) is 3.49. The molecule has 0 spiro atoms. The minimum Gasteiger partial charge on any atom is -0.384 e. The van der Waals surface area contributed by atoms with Gasteiger partial charge in [-0.25, -0.2) is 0 Å². The van der Waals surface area contributed by atoms with Crippen LogP contribution < -0.4 is 5.32 Å². The molecule has 0 amide bonds. The van der Waals surface area contributed by atoms with Crippen molar-refractivity contribution >= 4 is 11.5 Å². The van der Waals surface area contributed by atoms with Crippen LogP contribution in [0.1, 0.15) is 31.2 Å². The Balaban J connectivity index is 2.05. The molecule has 0 atom stereocenters. The number of para-hydroxylation sites is 1. The molecule has 3 nitrogen and oxygen atoms in total. The molecule has 3 heteroatoms. The molecular weight excluding hydrogens is 224 g/mol. The Hall–Kier alpha value is -1.35. The van der Waals surface area contributed by atoms with Gasteiger partial charge < -0.3 is 10.1 Å². The molecule has 1 aliphatic rings. The molecule has 2 rings (SSSR count). The van der Waals surface area contributed by atoms with Crippen molar-refractivity contribution in [1.29, 1.82) is 0 Å². The van der Waals surface area contributed by atoms with E-state index in [-0.39, 0.29) is 0 Å². The fourth-order valence-electron chi connectivity index (χ4n) is 2.20. The monoisotopic (exact) mass is 246 g/mol. The summed E-state index contributed by atoms with van der Waals surface area (Å²) in [6, 6.07) is 8.41. The molecule has 0 aliphatic carbocycles. The standard InChI is InChI=1S/C15H22N2O/c1-18-12-10-13-7-4-5-8-14(13)17-15-9-3-2-6-11-16-15/h4-5,7-8H,2-3,6,9-12H2,1H3,(H,16,17). The lowest BCUT2D eigenvalue weighted by Crippen LogP contribution is -2.13. The molecule has 1 N–H and O–H groups in total. The topological polar surface area (TPSA) is 33.6 Å². The molecule has 0 fully saturated rings. The van der Waals surface area contributed by atoms with Crippen molar-refractivity contribution in [3.8, 4) is 0 Å². The molecule has 0 saturated heterocycles. The fraction of sp³-hybridized carbons (Fsp3) is 0.533. The molecule has 1 heterocycles. The number of ether oxygens (including phenoxy) is 1. The highest BCUT2D eigenvalue weighted by Gasteiger charge is 2.07. The van der Waals surface area contributed by atoms with Crippen molar-refractivity contribution in [2.75, 3.05) is 25.6 Å². The minimum atomic E-state index is 0.755. The molecule has 0 radical (unpaired) electrons. The summed E-state index contributed by atoms with van der Waals surface area (Å²) in [6.07, 6.45) is 5.76. The van der Waals surface area contributed by atoms with Gasteiger partial charge in [-0.1, -0.05) is 24.6 Å². The maximum atomic E-state index is 5.15. The van der Waals surface area contributed by atoms with Gasteiger partial charge in [-0.3, -0.25) is 4.99 Å². The van der Waals surface area contributed by atoms with E-state index in [0.717, 1.165) is 31.8 Å². The lowest BCUT2D eigenvalue weighted by atomic mass is 10.1. The van der Waals surface area contributed by atoms with Crippen molar-refractivity contribution in [1.82, 2.24) is 0 Å². The van der Waals surface area contributed by atoms with Crippen molar-refractivity contribution < 1.29 is 4.74 Å². The zero-order valence-electron chi connectivity index (χ0n) is 11.1. The van der Waals surface area contributed by atoms with Gasteiger partial charge in [0.05, 0.1) is 6.61 Å². The number of amidine groups is 1. The van der Waals surface area contributed by atoms with E-state index in [4.69, 9.17) is 4.74 Å². The van der Waals surface area contributed by atoms with E-state index in [9.17, 15) is 0 Å². The van der Waals surface area contributed by atoms with E-state index >= 15 is 0 Å². The van der Waals surface area contributed by atoms with E-state index in [1.807, 2.05) is 0 Å². The molecule has 0 bridgehead atoms. The second-order valence-corrected chi connectivity index (χ2v) is 4.66. The van der Waals surface area contributed by atoms with Crippen LogP contribution in [0.15, 0.2) is 29.3 Å². The normalized spacial score (nSPS) is 15.9. The summed E-state index contributed by atoms with van der Waals surface area (Å²) >= 11 is 0. The van der Waals surface area contributed by atoms with Crippen LogP contribution in [0.25, 0.3) is 0 Å². The summed E-state index contributed by atoms with van der Waals surface area (Å²) in [7, 11) is 1.74. The van der Waals surface area contributed by atoms with Crippen molar-refractivity contribution in [2.45, 2.75) is 32.1 Å². The first kappa shape index (κ1) is 13.1. The highest BCUT2D eigenvalue weighted by molar-refractivity contribution is 5.96. The molecule has 0 saturated carbocycles. The third kappa shape index (κ3) is 3.84. The Bertz CT molecular complexity index is 401. The molecule has 0 aromatic heterocycles. The van der Waals surface area contributed by atoms with Crippen LogP contribution in [-0.2, 0) is 11.2 Å². The first-order valence-corrected chi connectivity index (χ1v) is 6.77. The van der Waals surface area contributed by atoms with E-state index < -0.39 is 0 Å². The van der Waals surface area contributed by atoms with Crippen LogP contribution >= 0.6 is 0 Å². The van der Waals surface area contributed by atoms with Crippen molar-refractivity contribution in [3.05, 3.63) is 29.8 Å². The highest BCUT2D eigenvalue weighted by atomic mass is 16.5. The van der Waals surface area contributed by atoms with Crippen LogP contribution in [0.3, 0.4) is 0 Å². The highest BCUT2D eigenvalue weighted by Crippen LogP contribution is 2.18. The van der Waals surface area contributed by atoms with Crippen LogP contribution in [0.2, 0.25) is 0 Å². The number of aliphatic imine (C=N–C) groups is 1. The average molecular weight is 246 g/mol. The summed E-state index contributed by atoms with van der Waals surface area (Å²) in [6.45, 7) is 1.72. The summed E-state index contributed by atoms with van der Waals surface area (Å²) in [4.78, 5) is 4.61. The van der Waals surface area contributed by atoms with Gasteiger partial charge in [0.1, 0.15) is 5.84 Å². The molecule has 0 unspecified atom stereocenters. The largest absolute Gasteiger partial charge is 0.384 e. The minimum absolute atomic E-state index is 0.755. The number of hydrogen-bond donors (Lipinski definition) is 1. The van der Waals surface area contributed by atoms with Crippen LogP contribution in [0.5, 0.6) is 0 Å². The van der Waals surface area contributed by atoms with Crippen molar-refractivity contribution in [3.63, 3.8) is 0 Å². The Kier molecular flexibility index (Phi) is 5.21. The SMILES string of the molecule is COCCc1ccccc1NC1=NCCCCC1. The Morgan fingerprint density at radius 2 is 2.11 bits per heavy atom. The predicted octanol–water partition coefficient (Wildman–Crippen LogP) is 3.26. The lowest BCUT2D eigenvalue weighted by molar-refractivity contribution is 0.202. The summed E-state index contributed by atoms with van der Waals surface area (Å²) < 4.78 is 5.15. The number of nitrogens with one attached hydrogen (secondary N) is 1. The third-order valence-corrected chi connectivity index (χ3v) is 3.25. The quantitative estimate of drug-likeness (QED) is 0.884. The number of nitrogens with zero attached hydrogens (tertiary/aromatic N) is 1. The van der Waals surface area contributed by atoms with Crippen LogP contribution in [0.4, 0.5) is 5.69 Å². The lowest BCUT2D eigenvalue weighted by Gasteiger charge is -2.13. The molecule has 98 valence electrons. The van der Waals surface area contributed by atoms with Gasteiger partial charge in [-0.2, -0.15) is 0 Å². The van der Waals surface area contributed by atoms with Gasteiger partial charge >= 0.3 is 0 Å². The van der Waals surface area contributed by atoms with E-state index in [1.165, 1.54) is 30.5 Å². The number of benzene rings is 1. The number of rotatable bonds is 4. The second kappa shape index (κ2) is 7.17. The maximum absolute atomic E-state index is 5.15. The first-order valence-electron chi connectivity index (χ1n) is 6.77. The summed E-state index contributed by atoms with van der Waals surface area (Å²) in [5.74, 6) is 1.14. The number of methoxy groups -OCH3 is 1. The molecule has 1 aromatic carbocycles. The molecule has 1 aromatic rings. The van der Waals surface area contributed by atoms with Gasteiger partial charge in [0.2, 0.25) is 0 Å². The van der Waals surface area contributed by atoms with Gasteiger partial charge in [0, 0.05) is 25.8 Å². The van der Waals surface area contributed by atoms with Gasteiger partial charge in [0.15, 0.2) is 0 Å². The van der Waals surface area contributed by atoms with Crippen LogP contribution in [0, 0.1) is 0 Å².